The molecule has 33 heavy (non-hydrogen) atoms. The molecule has 5 rings (SSSR count). The molecule has 1 aliphatic heterocycles. The fourth-order valence-electron chi connectivity index (χ4n) is 4.45. The number of halogens is 3. The molecule has 0 aliphatic carbocycles. The van der Waals surface area contributed by atoms with Gasteiger partial charge in [-0.15, -0.1) is 0 Å². The van der Waals surface area contributed by atoms with Crippen LogP contribution in [0.2, 0.25) is 0 Å². The lowest BCUT2D eigenvalue weighted by molar-refractivity contribution is -0.137. The van der Waals surface area contributed by atoms with Gasteiger partial charge in [0.1, 0.15) is 5.82 Å². The number of hydrogen-bond acceptors (Lipinski definition) is 4. The van der Waals surface area contributed by atoms with Crippen LogP contribution in [0.3, 0.4) is 0 Å². The van der Waals surface area contributed by atoms with Crippen LogP contribution in [0.5, 0.6) is 0 Å². The van der Waals surface area contributed by atoms with Gasteiger partial charge in [-0.25, -0.2) is 9.97 Å². The SMILES string of the molecule is Cc1nc(-c2ccc(C(F)(F)F)cc2)[nH]c1CN1CCC(n2cnc3c(=O)[nH]ccc32)CC1. The molecule has 3 aromatic heterocycles. The van der Waals surface area contributed by atoms with E-state index in [9.17, 15) is 18.0 Å². The van der Waals surface area contributed by atoms with Crippen LogP contribution in [0.1, 0.15) is 35.8 Å². The monoisotopic (exact) mass is 456 g/mol. The van der Waals surface area contributed by atoms with Crippen LogP contribution in [-0.2, 0) is 12.7 Å². The van der Waals surface area contributed by atoms with Gasteiger partial charge in [-0.2, -0.15) is 13.2 Å². The summed E-state index contributed by atoms with van der Waals surface area (Å²) in [5, 5.41) is 0. The predicted octanol–water partition coefficient (Wildman–Crippen LogP) is 4.28. The Balaban J connectivity index is 1.25. The van der Waals surface area contributed by atoms with E-state index >= 15 is 0 Å². The molecular weight excluding hydrogens is 433 g/mol. The van der Waals surface area contributed by atoms with E-state index in [0.29, 0.717) is 23.4 Å². The highest BCUT2D eigenvalue weighted by Crippen LogP contribution is 2.31. The number of fused-ring (bicyclic) bond motifs is 1. The van der Waals surface area contributed by atoms with Gasteiger partial charge in [-0.1, -0.05) is 12.1 Å². The highest BCUT2D eigenvalue weighted by atomic mass is 19.4. The fourth-order valence-corrected chi connectivity index (χ4v) is 4.45. The third-order valence-electron chi connectivity index (χ3n) is 6.31. The van der Waals surface area contributed by atoms with Crippen molar-refractivity contribution in [1.82, 2.24) is 29.4 Å². The largest absolute Gasteiger partial charge is 0.416 e. The average Bonchev–Trinajstić information content (AvgIpc) is 3.39. The molecule has 1 fully saturated rings. The van der Waals surface area contributed by atoms with Crippen LogP contribution in [0.15, 0.2) is 47.7 Å². The highest BCUT2D eigenvalue weighted by Gasteiger charge is 2.30. The molecule has 1 aromatic carbocycles. The van der Waals surface area contributed by atoms with Crippen LogP contribution in [-0.4, -0.2) is 42.5 Å². The van der Waals surface area contributed by atoms with Crippen LogP contribution in [0.4, 0.5) is 13.2 Å². The maximum atomic E-state index is 12.8. The number of aromatic amines is 2. The molecule has 2 N–H and O–H groups in total. The molecular formula is C23H23F3N6O. The van der Waals surface area contributed by atoms with E-state index in [0.717, 1.165) is 55.0 Å². The number of H-pyrrole nitrogens is 2. The molecule has 1 saturated heterocycles. The molecule has 0 radical (unpaired) electrons. The number of piperidine rings is 1. The summed E-state index contributed by atoms with van der Waals surface area (Å²) in [5.41, 5.74) is 2.88. The zero-order valence-corrected chi connectivity index (χ0v) is 18.0. The molecule has 10 heteroatoms. The van der Waals surface area contributed by atoms with Gasteiger partial charge in [-0.05, 0) is 38.0 Å². The summed E-state index contributed by atoms with van der Waals surface area (Å²) in [5.74, 6) is 0.571. The van der Waals surface area contributed by atoms with Crippen LogP contribution in [0.25, 0.3) is 22.4 Å². The maximum absolute atomic E-state index is 12.8. The molecule has 4 aromatic rings. The minimum absolute atomic E-state index is 0.178. The number of aromatic nitrogens is 5. The second-order valence-electron chi connectivity index (χ2n) is 8.42. The molecule has 172 valence electrons. The Morgan fingerprint density at radius 1 is 1.12 bits per heavy atom. The van der Waals surface area contributed by atoms with Crippen molar-refractivity contribution in [2.75, 3.05) is 13.1 Å². The first-order valence-corrected chi connectivity index (χ1v) is 10.8. The zero-order chi connectivity index (χ0) is 23.2. The minimum Gasteiger partial charge on any atom is -0.341 e. The molecule has 0 spiro atoms. The van der Waals surface area contributed by atoms with Gasteiger partial charge < -0.3 is 14.5 Å². The molecule has 0 saturated carbocycles. The summed E-state index contributed by atoms with van der Waals surface area (Å²) in [6.07, 6.45) is 0.894. The van der Waals surface area contributed by atoms with Gasteiger partial charge in [0.05, 0.1) is 28.8 Å². The quantitative estimate of drug-likeness (QED) is 0.480. The lowest BCUT2D eigenvalue weighted by Gasteiger charge is -2.32. The Morgan fingerprint density at radius 3 is 2.55 bits per heavy atom. The predicted molar refractivity (Wildman–Crippen MR) is 118 cm³/mol. The zero-order valence-electron chi connectivity index (χ0n) is 18.0. The van der Waals surface area contributed by atoms with Crippen molar-refractivity contribution in [3.05, 3.63) is 70.2 Å². The van der Waals surface area contributed by atoms with Gasteiger partial charge >= 0.3 is 6.18 Å². The van der Waals surface area contributed by atoms with E-state index < -0.39 is 11.7 Å². The average molecular weight is 456 g/mol. The second kappa shape index (κ2) is 8.18. The van der Waals surface area contributed by atoms with Crippen LogP contribution < -0.4 is 5.56 Å². The Hall–Kier alpha value is -3.40. The third-order valence-corrected chi connectivity index (χ3v) is 6.31. The lowest BCUT2D eigenvalue weighted by atomic mass is 10.0. The summed E-state index contributed by atoms with van der Waals surface area (Å²) in [4.78, 5) is 29.0. The van der Waals surface area contributed by atoms with Crippen molar-refractivity contribution in [1.29, 1.82) is 0 Å². The Labute approximate surface area is 187 Å². The van der Waals surface area contributed by atoms with Crippen molar-refractivity contribution < 1.29 is 13.2 Å². The van der Waals surface area contributed by atoms with Gasteiger partial charge in [0.2, 0.25) is 0 Å². The van der Waals surface area contributed by atoms with Gasteiger partial charge in [0.25, 0.3) is 5.56 Å². The van der Waals surface area contributed by atoms with Crippen molar-refractivity contribution in [2.45, 2.75) is 38.5 Å². The number of benzene rings is 1. The number of likely N-dealkylation sites (tertiary alicyclic amines) is 1. The van der Waals surface area contributed by atoms with E-state index in [-0.39, 0.29) is 11.6 Å². The molecule has 4 heterocycles. The first-order valence-electron chi connectivity index (χ1n) is 10.8. The highest BCUT2D eigenvalue weighted by molar-refractivity contribution is 5.73. The van der Waals surface area contributed by atoms with Crippen LogP contribution in [0, 0.1) is 6.92 Å². The van der Waals surface area contributed by atoms with Crippen molar-refractivity contribution in [2.24, 2.45) is 0 Å². The minimum atomic E-state index is -4.35. The summed E-state index contributed by atoms with van der Waals surface area (Å²) in [6, 6.07) is 7.19. The number of alkyl halides is 3. The molecule has 7 nitrogen and oxygen atoms in total. The van der Waals surface area contributed by atoms with Gasteiger partial charge in [0.15, 0.2) is 5.52 Å². The molecule has 0 bridgehead atoms. The van der Waals surface area contributed by atoms with Gasteiger partial charge in [-0.3, -0.25) is 9.69 Å². The molecule has 0 unspecified atom stereocenters. The van der Waals surface area contributed by atoms with Crippen molar-refractivity contribution in [3.63, 3.8) is 0 Å². The standard InChI is InChI=1S/C23H23F3N6O/c1-14-18(30-21(29-14)15-2-4-16(5-3-15)23(24,25)26)12-31-10-7-17(8-11-31)32-13-28-20-19(32)6-9-27-22(20)33/h2-6,9,13,17H,7-8,10-12H2,1H3,(H,27,33)(H,29,30). The number of nitrogens with zero attached hydrogens (tertiary/aromatic N) is 4. The fraction of sp³-hybridized carbons (Fsp3) is 0.348. The number of aryl methyl sites for hydroxylation is 1. The second-order valence-corrected chi connectivity index (χ2v) is 8.42. The maximum Gasteiger partial charge on any atom is 0.416 e. The smallest absolute Gasteiger partial charge is 0.341 e. The summed E-state index contributed by atoms with van der Waals surface area (Å²) < 4.78 is 40.5. The van der Waals surface area contributed by atoms with E-state index in [1.165, 1.54) is 12.1 Å². The Bertz CT molecular complexity index is 1330. The number of imidazole rings is 2. The van der Waals surface area contributed by atoms with Crippen LogP contribution >= 0.6 is 0 Å². The van der Waals surface area contributed by atoms with Crippen molar-refractivity contribution >= 4 is 11.0 Å². The third kappa shape index (κ3) is 4.18. The first-order chi connectivity index (χ1) is 15.8. The Morgan fingerprint density at radius 2 is 1.85 bits per heavy atom. The number of pyridine rings is 1. The summed E-state index contributed by atoms with van der Waals surface area (Å²) in [7, 11) is 0. The molecule has 1 aliphatic rings. The molecule has 0 amide bonds. The Kier molecular flexibility index (Phi) is 5.32. The van der Waals surface area contributed by atoms with Crippen molar-refractivity contribution in [3.8, 4) is 11.4 Å². The molecule has 0 atom stereocenters. The number of hydrogen-bond donors (Lipinski definition) is 2. The number of rotatable bonds is 4. The lowest BCUT2D eigenvalue weighted by Crippen LogP contribution is -2.34. The number of nitrogens with one attached hydrogen (secondary N) is 2. The van der Waals surface area contributed by atoms with E-state index in [2.05, 4.69) is 29.4 Å². The normalized spacial score (nSPS) is 16.0. The van der Waals surface area contributed by atoms with Gasteiger partial charge in [0, 0.05) is 37.4 Å². The first kappa shape index (κ1) is 21.4. The summed E-state index contributed by atoms with van der Waals surface area (Å²) in [6.45, 7) is 4.35. The van der Waals surface area contributed by atoms with E-state index in [1.807, 2.05) is 13.0 Å². The van der Waals surface area contributed by atoms with E-state index in [1.54, 1.807) is 12.5 Å². The topological polar surface area (TPSA) is 82.6 Å². The summed E-state index contributed by atoms with van der Waals surface area (Å²) >= 11 is 0. The van der Waals surface area contributed by atoms with E-state index in [4.69, 9.17) is 0 Å².